The predicted molar refractivity (Wildman–Crippen MR) is 43.0 cm³/mol. The lowest BCUT2D eigenvalue weighted by atomic mass is 10.1. The maximum Gasteiger partial charge on any atom is 0.178 e. The van der Waals surface area contributed by atoms with Gasteiger partial charge in [0.15, 0.2) is 6.29 Å². The monoisotopic (exact) mass is 159 g/mol. The van der Waals surface area contributed by atoms with E-state index in [1.807, 2.05) is 5.06 Å². The van der Waals surface area contributed by atoms with Gasteiger partial charge in [0.1, 0.15) is 0 Å². The van der Waals surface area contributed by atoms with Gasteiger partial charge in [-0.25, -0.2) is 0 Å². The van der Waals surface area contributed by atoms with Crippen molar-refractivity contribution in [3.05, 3.63) is 0 Å². The molecule has 0 amide bonds. The van der Waals surface area contributed by atoms with Crippen LogP contribution in [0, 0.1) is 0 Å². The van der Waals surface area contributed by atoms with Crippen LogP contribution in [0.3, 0.4) is 0 Å². The van der Waals surface area contributed by atoms with Crippen LogP contribution in [-0.4, -0.2) is 30.5 Å². The van der Waals surface area contributed by atoms with Gasteiger partial charge in [0.05, 0.1) is 0 Å². The molecule has 0 aromatic carbocycles. The van der Waals surface area contributed by atoms with E-state index >= 15 is 0 Å². The SMILES string of the molecule is CO[C@@H]1CCN(C(C)(C)C)O1. The van der Waals surface area contributed by atoms with Crippen molar-refractivity contribution in [2.75, 3.05) is 13.7 Å². The van der Waals surface area contributed by atoms with E-state index in [-0.39, 0.29) is 11.8 Å². The van der Waals surface area contributed by atoms with Gasteiger partial charge >= 0.3 is 0 Å². The Bertz CT molecular complexity index is 131. The topological polar surface area (TPSA) is 21.7 Å². The summed E-state index contributed by atoms with van der Waals surface area (Å²) in [5, 5.41) is 1.97. The molecule has 1 atom stereocenters. The molecule has 1 saturated heterocycles. The van der Waals surface area contributed by atoms with Gasteiger partial charge in [0, 0.05) is 25.6 Å². The van der Waals surface area contributed by atoms with Crippen LogP contribution in [0.2, 0.25) is 0 Å². The molecule has 0 spiro atoms. The Kier molecular flexibility index (Phi) is 2.52. The molecule has 0 aliphatic carbocycles. The minimum absolute atomic E-state index is 0.0331. The lowest BCUT2D eigenvalue weighted by molar-refractivity contribution is -0.254. The van der Waals surface area contributed by atoms with Gasteiger partial charge in [0.25, 0.3) is 0 Å². The van der Waals surface area contributed by atoms with Gasteiger partial charge in [-0.15, -0.1) is 0 Å². The summed E-state index contributed by atoms with van der Waals surface area (Å²) in [4.78, 5) is 5.49. The number of hydroxylamine groups is 2. The van der Waals surface area contributed by atoms with E-state index in [4.69, 9.17) is 9.57 Å². The number of nitrogens with zero attached hydrogens (tertiary/aromatic N) is 1. The summed E-state index contributed by atoms with van der Waals surface area (Å²) in [5.41, 5.74) is 0.0906. The van der Waals surface area contributed by atoms with Crippen molar-refractivity contribution in [3.8, 4) is 0 Å². The second kappa shape index (κ2) is 3.09. The molecule has 11 heavy (non-hydrogen) atoms. The molecule has 1 rings (SSSR count). The van der Waals surface area contributed by atoms with Crippen molar-refractivity contribution in [3.63, 3.8) is 0 Å². The Balaban J connectivity index is 2.42. The van der Waals surface area contributed by atoms with Crippen LogP contribution < -0.4 is 0 Å². The highest BCUT2D eigenvalue weighted by molar-refractivity contribution is 4.73. The van der Waals surface area contributed by atoms with Crippen LogP contribution in [0.1, 0.15) is 27.2 Å². The Morgan fingerprint density at radius 2 is 2.09 bits per heavy atom. The summed E-state index contributed by atoms with van der Waals surface area (Å²) in [6, 6.07) is 0. The average Bonchev–Trinajstić information content (AvgIpc) is 2.32. The number of ether oxygens (including phenoxy) is 1. The molecular formula is C8H17NO2. The second-order valence-corrected chi connectivity index (χ2v) is 3.83. The summed E-state index contributed by atoms with van der Waals surface area (Å²) < 4.78 is 5.07. The second-order valence-electron chi connectivity index (χ2n) is 3.83. The Morgan fingerprint density at radius 1 is 1.45 bits per heavy atom. The lowest BCUT2D eigenvalue weighted by Gasteiger charge is -2.29. The lowest BCUT2D eigenvalue weighted by Crippen LogP contribution is -2.38. The van der Waals surface area contributed by atoms with Crippen molar-refractivity contribution in [1.29, 1.82) is 0 Å². The third kappa shape index (κ3) is 2.15. The number of hydrogen-bond donors (Lipinski definition) is 0. The highest BCUT2D eigenvalue weighted by Crippen LogP contribution is 2.22. The fourth-order valence-electron chi connectivity index (χ4n) is 1.12. The zero-order valence-electron chi connectivity index (χ0n) is 7.76. The summed E-state index contributed by atoms with van der Waals surface area (Å²) in [6.45, 7) is 7.35. The number of methoxy groups -OCH3 is 1. The van der Waals surface area contributed by atoms with Crippen LogP contribution >= 0.6 is 0 Å². The Morgan fingerprint density at radius 3 is 2.36 bits per heavy atom. The Labute approximate surface area is 68.2 Å². The molecule has 1 aliphatic rings. The highest BCUT2D eigenvalue weighted by Gasteiger charge is 2.31. The van der Waals surface area contributed by atoms with Gasteiger partial charge in [-0.1, -0.05) is 0 Å². The highest BCUT2D eigenvalue weighted by atomic mass is 16.8. The molecule has 66 valence electrons. The van der Waals surface area contributed by atoms with Crippen molar-refractivity contribution in [2.45, 2.75) is 39.0 Å². The predicted octanol–water partition coefficient (Wildman–Crippen LogP) is 1.39. The standard InChI is InChI=1S/C8H17NO2/c1-8(2,3)9-6-5-7(10-4)11-9/h7H,5-6H2,1-4H3/t7-/m0/s1. The van der Waals surface area contributed by atoms with Crippen molar-refractivity contribution in [2.24, 2.45) is 0 Å². The van der Waals surface area contributed by atoms with E-state index in [1.165, 1.54) is 0 Å². The van der Waals surface area contributed by atoms with Gasteiger partial charge in [0.2, 0.25) is 0 Å². The first-order chi connectivity index (χ1) is 5.04. The molecular weight excluding hydrogens is 142 g/mol. The smallest absolute Gasteiger partial charge is 0.178 e. The van der Waals surface area contributed by atoms with Crippen LogP contribution in [0.15, 0.2) is 0 Å². The van der Waals surface area contributed by atoms with E-state index in [9.17, 15) is 0 Å². The van der Waals surface area contributed by atoms with E-state index in [0.29, 0.717) is 0 Å². The molecule has 3 heteroatoms. The molecule has 0 N–H and O–H groups in total. The largest absolute Gasteiger partial charge is 0.354 e. The van der Waals surface area contributed by atoms with Crippen LogP contribution in [0.4, 0.5) is 0 Å². The van der Waals surface area contributed by atoms with Crippen LogP contribution in [0.5, 0.6) is 0 Å². The van der Waals surface area contributed by atoms with Crippen LogP contribution in [0.25, 0.3) is 0 Å². The molecule has 0 saturated carbocycles. The maximum absolute atomic E-state index is 5.49. The molecule has 1 fully saturated rings. The average molecular weight is 159 g/mol. The fourth-order valence-corrected chi connectivity index (χ4v) is 1.12. The minimum Gasteiger partial charge on any atom is -0.354 e. The molecule has 0 radical (unpaired) electrons. The molecule has 0 aromatic heterocycles. The van der Waals surface area contributed by atoms with Crippen molar-refractivity contribution < 1.29 is 9.57 Å². The van der Waals surface area contributed by atoms with Crippen LogP contribution in [-0.2, 0) is 9.57 Å². The molecule has 1 heterocycles. The summed E-state index contributed by atoms with van der Waals surface area (Å²) in [7, 11) is 1.68. The normalized spacial score (nSPS) is 27.8. The van der Waals surface area contributed by atoms with Gasteiger partial charge in [-0.05, 0) is 20.8 Å². The molecule has 0 bridgehead atoms. The zero-order chi connectivity index (χ0) is 8.48. The zero-order valence-corrected chi connectivity index (χ0v) is 7.76. The molecule has 1 aliphatic heterocycles. The van der Waals surface area contributed by atoms with Crippen molar-refractivity contribution in [1.82, 2.24) is 5.06 Å². The van der Waals surface area contributed by atoms with E-state index in [1.54, 1.807) is 7.11 Å². The minimum atomic E-state index is -0.0331. The maximum atomic E-state index is 5.49. The third-order valence-electron chi connectivity index (χ3n) is 1.82. The first-order valence-corrected chi connectivity index (χ1v) is 4.01. The number of rotatable bonds is 1. The quantitative estimate of drug-likeness (QED) is 0.577. The van der Waals surface area contributed by atoms with Crippen molar-refractivity contribution >= 4 is 0 Å². The van der Waals surface area contributed by atoms with Gasteiger partial charge in [-0.2, -0.15) is 5.06 Å². The molecule has 3 nitrogen and oxygen atoms in total. The molecule has 0 unspecified atom stereocenters. The third-order valence-corrected chi connectivity index (χ3v) is 1.82. The summed E-state index contributed by atoms with van der Waals surface area (Å²) in [5.74, 6) is 0. The van der Waals surface area contributed by atoms with Gasteiger partial charge in [-0.3, -0.25) is 4.84 Å². The summed E-state index contributed by atoms with van der Waals surface area (Å²) >= 11 is 0. The van der Waals surface area contributed by atoms with E-state index in [0.717, 1.165) is 13.0 Å². The first-order valence-electron chi connectivity index (χ1n) is 4.01. The molecule has 0 aromatic rings. The fraction of sp³-hybridized carbons (Fsp3) is 1.00. The Hall–Kier alpha value is -0.120. The van der Waals surface area contributed by atoms with E-state index in [2.05, 4.69) is 20.8 Å². The summed E-state index contributed by atoms with van der Waals surface area (Å²) in [6.07, 6.45) is 0.933. The van der Waals surface area contributed by atoms with Gasteiger partial charge < -0.3 is 4.74 Å². The first kappa shape index (κ1) is 8.97. The number of hydrogen-bond acceptors (Lipinski definition) is 3. The van der Waals surface area contributed by atoms with E-state index < -0.39 is 0 Å².